The third-order valence-corrected chi connectivity index (χ3v) is 5.03. The molecule has 0 bridgehead atoms. The predicted octanol–water partition coefficient (Wildman–Crippen LogP) is 5.02. The second-order valence-corrected chi connectivity index (χ2v) is 7.03. The lowest BCUT2D eigenvalue weighted by Gasteiger charge is -2.31. The maximum Gasteiger partial charge on any atom is 0.0681 e. The van der Waals surface area contributed by atoms with Crippen LogP contribution in [-0.2, 0) is 14.9 Å². The van der Waals surface area contributed by atoms with Gasteiger partial charge in [-0.25, -0.2) is 0 Å². The van der Waals surface area contributed by atoms with Crippen molar-refractivity contribution in [2.45, 2.75) is 25.2 Å². The third kappa shape index (κ3) is 2.59. The summed E-state index contributed by atoms with van der Waals surface area (Å²) in [4.78, 5) is 0. The van der Waals surface area contributed by atoms with E-state index in [2.05, 4.69) is 44.2 Å². The van der Waals surface area contributed by atoms with Crippen LogP contribution < -0.4 is 0 Å². The molecule has 0 saturated carbocycles. The summed E-state index contributed by atoms with van der Waals surface area (Å²) in [6.45, 7) is 5.58. The zero-order valence-electron chi connectivity index (χ0n) is 14.2. The second-order valence-electron chi connectivity index (χ2n) is 6.60. The van der Waals surface area contributed by atoms with Gasteiger partial charge in [0.05, 0.1) is 18.6 Å². The van der Waals surface area contributed by atoms with Crippen LogP contribution in [0, 0.1) is 0 Å². The summed E-state index contributed by atoms with van der Waals surface area (Å²) < 4.78 is 11.2. The molecule has 0 heterocycles. The molecule has 2 aromatic carbocycles. The fourth-order valence-electron chi connectivity index (χ4n) is 3.69. The number of benzene rings is 2. The zero-order valence-corrected chi connectivity index (χ0v) is 14.9. The fourth-order valence-corrected chi connectivity index (χ4v) is 3.86. The molecule has 2 aromatic rings. The number of rotatable bonds is 5. The first-order chi connectivity index (χ1) is 11.0. The Hall–Kier alpha value is -1.35. The molecular weight excluding hydrogens is 308 g/mol. The highest BCUT2D eigenvalue weighted by Gasteiger charge is 2.44. The average molecular weight is 331 g/mol. The Bertz CT molecular complexity index is 716. The van der Waals surface area contributed by atoms with Crippen LogP contribution in [-0.4, -0.2) is 27.4 Å². The van der Waals surface area contributed by atoms with Crippen molar-refractivity contribution in [2.75, 3.05) is 27.4 Å². The van der Waals surface area contributed by atoms with Gasteiger partial charge in [-0.3, -0.25) is 0 Å². The monoisotopic (exact) mass is 330 g/mol. The summed E-state index contributed by atoms with van der Waals surface area (Å²) in [5.41, 5.74) is 6.00. The van der Waals surface area contributed by atoms with Crippen LogP contribution in [0.3, 0.4) is 0 Å². The Labute approximate surface area is 143 Å². The van der Waals surface area contributed by atoms with Crippen molar-refractivity contribution in [1.29, 1.82) is 0 Å². The first-order valence-electron chi connectivity index (χ1n) is 7.96. The highest BCUT2D eigenvalue weighted by molar-refractivity contribution is 6.30. The molecule has 0 aliphatic heterocycles. The summed E-state index contributed by atoms with van der Waals surface area (Å²) in [5.74, 6) is 0.482. The van der Waals surface area contributed by atoms with Crippen LogP contribution >= 0.6 is 11.6 Å². The zero-order chi connectivity index (χ0) is 16.6. The first kappa shape index (κ1) is 16.5. The van der Waals surface area contributed by atoms with E-state index in [4.69, 9.17) is 21.1 Å². The van der Waals surface area contributed by atoms with E-state index in [1.165, 1.54) is 27.8 Å². The maximum absolute atomic E-state index is 6.29. The predicted molar refractivity (Wildman–Crippen MR) is 95.5 cm³/mol. The first-order valence-corrected chi connectivity index (χ1v) is 8.34. The van der Waals surface area contributed by atoms with Crippen molar-refractivity contribution in [3.63, 3.8) is 0 Å². The molecule has 0 N–H and O–H groups in total. The van der Waals surface area contributed by atoms with Crippen molar-refractivity contribution in [3.05, 3.63) is 58.1 Å². The summed E-state index contributed by atoms with van der Waals surface area (Å²) in [7, 11) is 3.48. The Morgan fingerprint density at radius 2 is 1.48 bits per heavy atom. The smallest absolute Gasteiger partial charge is 0.0681 e. The lowest BCUT2D eigenvalue weighted by molar-refractivity contribution is 0.0814. The van der Waals surface area contributed by atoms with Gasteiger partial charge in [-0.2, -0.15) is 0 Å². The number of fused-ring (bicyclic) bond motifs is 3. The van der Waals surface area contributed by atoms with Gasteiger partial charge in [0.2, 0.25) is 0 Å². The highest BCUT2D eigenvalue weighted by atomic mass is 35.5. The van der Waals surface area contributed by atoms with Crippen LogP contribution in [0.2, 0.25) is 5.02 Å². The van der Waals surface area contributed by atoms with Gasteiger partial charge < -0.3 is 9.47 Å². The molecule has 122 valence electrons. The Morgan fingerprint density at radius 3 is 2.04 bits per heavy atom. The molecule has 1 aliphatic rings. The van der Waals surface area contributed by atoms with E-state index in [1.807, 2.05) is 6.07 Å². The van der Waals surface area contributed by atoms with E-state index in [0.29, 0.717) is 19.1 Å². The third-order valence-electron chi connectivity index (χ3n) is 4.79. The van der Waals surface area contributed by atoms with Crippen LogP contribution in [0.5, 0.6) is 0 Å². The van der Waals surface area contributed by atoms with Crippen molar-refractivity contribution >= 4 is 11.6 Å². The molecule has 3 rings (SSSR count). The van der Waals surface area contributed by atoms with E-state index >= 15 is 0 Å². The number of ether oxygens (including phenoxy) is 2. The molecule has 23 heavy (non-hydrogen) atoms. The highest BCUT2D eigenvalue weighted by Crippen LogP contribution is 2.50. The van der Waals surface area contributed by atoms with Gasteiger partial charge in [-0.1, -0.05) is 49.7 Å². The Morgan fingerprint density at radius 1 is 0.913 bits per heavy atom. The normalized spacial score (nSPS) is 14.9. The van der Waals surface area contributed by atoms with Gasteiger partial charge in [-0.15, -0.1) is 0 Å². The van der Waals surface area contributed by atoms with Gasteiger partial charge in [0.1, 0.15) is 0 Å². The number of methoxy groups -OCH3 is 2. The van der Waals surface area contributed by atoms with E-state index in [-0.39, 0.29) is 5.41 Å². The molecule has 0 spiro atoms. The summed E-state index contributed by atoms with van der Waals surface area (Å²) in [6.07, 6.45) is 0. The number of hydrogen-bond donors (Lipinski definition) is 0. The van der Waals surface area contributed by atoms with E-state index in [9.17, 15) is 0 Å². The lowest BCUT2D eigenvalue weighted by atomic mass is 9.78. The Balaban J connectivity index is 2.30. The standard InChI is InChI=1S/C20H23ClO2/c1-13(2)14-5-7-16-17-8-6-15(21)10-19(17)20(11-22-3,12-23-4)18(16)9-14/h5-10,13H,11-12H2,1-4H3. The lowest BCUT2D eigenvalue weighted by Crippen LogP contribution is -2.36. The molecule has 0 saturated heterocycles. The van der Waals surface area contributed by atoms with Gasteiger partial charge in [0.25, 0.3) is 0 Å². The second kappa shape index (κ2) is 6.27. The van der Waals surface area contributed by atoms with Crippen molar-refractivity contribution < 1.29 is 9.47 Å². The molecule has 0 aromatic heterocycles. The fraction of sp³-hybridized carbons (Fsp3) is 0.400. The minimum atomic E-state index is -0.302. The molecule has 0 atom stereocenters. The van der Waals surface area contributed by atoms with Gasteiger partial charge in [0, 0.05) is 19.2 Å². The van der Waals surface area contributed by atoms with Gasteiger partial charge in [0.15, 0.2) is 0 Å². The summed E-state index contributed by atoms with van der Waals surface area (Å²) in [6, 6.07) is 12.9. The molecule has 0 amide bonds. The molecule has 0 radical (unpaired) electrons. The Kier molecular flexibility index (Phi) is 4.50. The molecule has 0 unspecified atom stereocenters. The minimum absolute atomic E-state index is 0.302. The molecule has 0 fully saturated rings. The van der Waals surface area contributed by atoms with Crippen LogP contribution in [0.25, 0.3) is 11.1 Å². The quantitative estimate of drug-likeness (QED) is 0.766. The summed E-state index contributed by atoms with van der Waals surface area (Å²) >= 11 is 6.29. The number of halogens is 1. The van der Waals surface area contributed by atoms with Crippen LogP contribution in [0.15, 0.2) is 36.4 Å². The van der Waals surface area contributed by atoms with Crippen molar-refractivity contribution in [2.24, 2.45) is 0 Å². The van der Waals surface area contributed by atoms with E-state index < -0.39 is 0 Å². The van der Waals surface area contributed by atoms with Crippen LogP contribution in [0.1, 0.15) is 36.5 Å². The van der Waals surface area contributed by atoms with E-state index in [1.54, 1.807) is 14.2 Å². The summed E-state index contributed by atoms with van der Waals surface area (Å²) in [5, 5.41) is 0.747. The van der Waals surface area contributed by atoms with Gasteiger partial charge >= 0.3 is 0 Å². The minimum Gasteiger partial charge on any atom is -0.383 e. The maximum atomic E-state index is 6.29. The van der Waals surface area contributed by atoms with Gasteiger partial charge in [-0.05, 0) is 45.9 Å². The largest absolute Gasteiger partial charge is 0.383 e. The molecule has 3 heteroatoms. The molecule has 1 aliphatic carbocycles. The van der Waals surface area contributed by atoms with Crippen molar-refractivity contribution in [3.8, 4) is 11.1 Å². The van der Waals surface area contributed by atoms with Crippen molar-refractivity contribution in [1.82, 2.24) is 0 Å². The van der Waals surface area contributed by atoms with Crippen LogP contribution in [0.4, 0.5) is 0 Å². The number of hydrogen-bond acceptors (Lipinski definition) is 2. The molecule has 2 nitrogen and oxygen atoms in total. The average Bonchev–Trinajstić information content (AvgIpc) is 2.78. The SMILES string of the molecule is COCC1(COC)c2cc(Cl)ccc2-c2ccc(C(C)C)cc21. The topological polar surface area (TPSA) is 18.5 Å². The molecular formula is C20H23ClO2. The van der Waals surface area contributed by atoms with E-state index in [0.717, 1.165) is 5.02 Å².